The molecule has 2 aliphatic carbocycles. The minimum absolute atomic E-state index is 0.0195. The number of nitrogens with zero attached hydrogens (tertiary/aromatic N) is 1. The van der Waals surface area contributed by atoms with E-state index in [9.17, 15) is 19.4 Å². The molecule has 2 heterocycles. The van der Waals surface area contributed by atoms with Crippen LogP contribution in [0.5, 0.6) is 0 Å². The summed E-state index contributed by atoms with van der Waals surface area (Å²) in [6, 6.07) is 3.31. The summed E-state index contributed by atoms with van der Waals surface area (Å²) in [6.45, 7) is 19.4. The number of benzene rings is 1. The second-order valence-corrected chi connectivity index (χ2v) is 17.9. The van der Waals surface area contributed by atoms with E-state index in [1.165, 1.54) is 0 Å². The van der Waals surface area contributed by atoms with E-state index < -0.39 is 32.4 Å². The van der Waals surface area contributed by atoms with Crippen molar-refractivity contribution in [2.24, 2.45) is 10.8 Å². The van der Waals surface area contributed by atoms with Crippen LogP contribution in [-0.4, -0.2) is 10.6 Å². The SMILES string of the molecule is CC(C)c1nc2c(c3c1[C@@H](c1ccc(S(F)(F)(F)(F)F)cc1)OC31CCCC1)[C@@H](OC(C)(C)C(C)(C)C)CC(C)(C)C2. The Morgan fingerprint density at radius 2 is 1.50 bits per heavy atom. The Balaban J connectivity index is 1.75. The largest absolute Gasteiger partial charge is 0.367 e. The van der Waals surface area contributed by atoms with Gasteiger partial charge >= 0.3 is 10.2 Å². The molecule has 1 saturated carbocycles. The number of pyridine rings is 1. The van der Waals surface area contributed by atoms with Gasteiger partial charge in [-0.05, 0) is 79.5 Å². The van der Waals surface area contributed by atoms with Crippen LogP contribution in [-0.2, 0) is 21.5 Å². The number of aromatic nitrogens is 1. The van der Waals surface area contributed by atoms with Crippen molar-refractivity contribution in [2.45, 2.75) is 135 Å². The molecule has 0 radical (unpaired) electrons. The molecule has 0 unspecified atom stereocenters. The summed E-state index contributed by atoms with van der Waals surface area (Å²) in [5.41, 5.74) is 4.06. The van der Waals surface area contributed by atoms with E-state index in [2.05, 4.69) is 62.3 Å². The first-order valence-corrected chi connectivity index (χ1v) is 17.1. The fraction of sp³-hybridized carbons (Fsp3) is 0.667. The second kappa shape index (κ2) is 8.94. The third-order valence-electron chi connectivity index (χ3n) is 9.98. The average Bonchev–Trinajstić information content (AvgIpc) is 3.41. The number of halogens is 5. The molecule has 5 rings (SSSR count). The Kier molecular flexibility index (Phi) is 6.75. The molecular formula is C33H46F5NO2S. The highest BCUT2D eigenvalue weighted by Crippen LogP contribution is 3.02. The summed E-state index contributed by atoms with van der Waals surface area (Å²) < 4.78 is 81.8. The maximum absolute atomic E-state index is 13.6. The molecule has 42 heavy (non-hydrogen) atoms. The maximum Gasteiger partial charge on any atom is 0.310 e. The van der Waals surface area contributed by atoms with Crippen LogP contribution in [0.15, 0.2) is 29.2 Å². The van der Waals surface area contributed by atoms with Gasteiger partial charge in [-0.25, -0.2) is 0 Å². The molecular weight excluding hydrogens is 569 g/mol. The zero-order valence-corrected chi connectivity index (χ0v) is 27.2. The third-order valence-corrected chi connectivity index (χ3v) is 11.1. The summed E-state index contributed by atoms with van der Waals surface area (Å²) in [5, 5.41) is 0. The first kappa shape index (κ1) is 31.7. The molecule has 1 spiro atoms. The third kappa shape index (κ3) is 5.51. The van der Waals surface area contributed by atoms with Gasteiger partial charge in [-0.15, -0.1) is 0 Å². The number of fused-ring (bicyclic) bond motifs is 4. The van der Waals surface area contributed by atoms with Crippen molar-refractivity contribution in [3.8, 4) is 0 Å². The highest BCUT2D eigenvalue weighted by atomic mass is 32.5. The molecule has 1 aliphatic heterocycles. The Bertz CT molecular complexity index is 1390. The zero-order valence-electron chi connectivity index (χ0n) is 26.3. The fourth-order valence-electron chi connectivity index (χ4n) is 6.92. The highest BCUT2D eigenvalue weighted by molar-refractivity contribution is 8.45. The number of hydrogen-bond donors (Lipinski definition) is 0. The predicted octanol–water partition coefficient (Wildman–Crippen LogP) is 11.6. The predicted molar refractivity (Wildman–Crippen MR) is 159 cm³/mol. The van der Waals surface area contributed by atoms with Crippen LogP contribution < -0.4 is 0 Å². The van der Waals surface area contributed by atoms with Crippen LogP contribution in [0.2, 0.25) is 0 Å². The maximum atomic E-state index is 13.6. The minimum Gasteiger partial charge on any atom is -0.367 e. The Morgan fingerprint density at radius 3 is 2.00 bits per heavy atom. The van der Waals surface area contributed by atoms with Crippen molar-refractivity contribution in [3.05, 3.63) is 57.9 Å². The number of rotatable bonds is 5. The number of hydrogen-bond acceptors (Lipinski definition) is 3. The first-order valence-electron chi connectivity index (χ1n) is 15.1. The Hall–Kier alpha value is -1.71. The lowest BCUT2D eigenvalue weighted by atomic mass is 9.69. The van der Waals surface area contributed by atoms with E-state index >= 15 is 0 Å². The van der Waals surface area contributed by atoms with Gasteiger partial charge in [0, 0.05) is 22.5 Å². The summed E-state index contributed by atoms with van der Waals surface area (Å²) in [6.07, 6.45) is 4.14. The van der Waals surface area contributed by atoms with Crippen molar-refractivity contribution >= 4 is 10.2 Å². The summed E-state index contributed by atoms with van der Waals surface area (Å²) in [4.78, 5) is 3.39. The van der Waals surface area contributed by atoms with Crippen molar-refractivity contribution in [1.82, 2.24) is 4.98 Å². The van der Waals surface area contributed by atoms with Crippen LogP contribution in [0.4, 0.5) is 19.4 Å². The molecule has 0 N–H and O–H groups in total. The summed E-state index contributed by atoms with van der Waals surface area (Å²) in [5.74, 6) is 0.0195. The van der Waals surface area contributed by atoms with E-state index in [1.807, 2.05) is 0 Å². The summed E-state index contributed by atoms with van der Waals surface area (Å²) >= 11 is 0. The molecule has 0 bridgehead atoms. The molecule has 236 valence electrons. The molecule has 0 saturated heterocycles. The van der Waals surface area contributed by atoms with Gasteiger partial charge < -0.3 is 9.47 Å². The van der Waals surface area contributed by atoms with Gasteiger partial charge in [0.05, 0.1) is 17.3 Å². The van der Waals surface area contributed by atoms with E-state index in [0.29, 0.717) is 17.7 Å². The summed E-state index contributed by atoms with van der Waals surface area (Å²) in [7, 11) is -9.80. The van der Waals surface area contributed by atoms with E-state index in [-0.39, 0.29) is 22.9 Å². The average molecular weight is 616 g/mol. The molecule has 1 aromatic carbocycles. The van der Waals surface area contributed by atoms with Gasteiger partial charge in [-0.2, -0.15) is 0 Å². The van der Waals surface area contributed by atoms with Crippen molar-refractivity contribution in [2.75, 3.05) is 0 Å². The van der Waals surface area contributed by atoms with Crippen molar-refractivity contribution in [1.29, 1.82) is 0 Å². The molecule has 9 heteroatoms. The molecule has 2 aromatic rings. The standard InChI is InChI=1S/C33H46F5NO2S/c1-20(2)28-26-27(25-23(39-28)18-31(6,7)19-24(25)40-32(8,9)30(3,4)5)33(16-10-11-17-33)41-29(26)21-12-14-22(15-13-21)42(34,35,36,37)38/h12-15,20,24,29H,10-11,16-19H2,1-9H3/t24-,29+/m0/s1. The van der Waals surface area contributed by atoms with Gasteiger partial charge in [-0.3, -0.25) is 4.98 Å². The lowest BCUT2D eigenvalue weighted by molar-refractivity contribution is -0.147. The molecule has 1 aromatic heterocycles. The molecule has 0 amide bonds. The van der Waals surface area contributed by atoms with Crippen LogP contribution in [0.25, 0.3) is 0 Å². The molecule has 3 aliphatic rings. The fourth-order valence-corrected chi connectivity index (χ4v) is 7.57. The van der Waals surface area contributed by atoms with E-state index in [4.69, 9.17) is 14.5 Å². The second-order valence-electron chi connectivity index (χ2n) is 15.5. The van der Waals surface area contributed by atoms with E-state index in [0.717, 1.165) is 78.7 Å². The zero-order chi connectivity index (χ0) is 31.4. The van der Waals surface area contributed by atoms with Crippen molar-refractivity contribution < 1.29 is 28.9 Å². The van der Waals surface area contributed by atoms with Crippen LogP contribution >= 0.6 is 10.2 Å². The van der Waals surface area contributed by atoms with E-state index in [1.54, 1.807) is 0 Å². The van der Waals surface area contributed by atoms with Gasteiger partial charge in [0.15, 0.2) is 0 Å². The Morgan fingerprint density at radius 1 is 0.929 bits per heavy atom. The van der Waals surface area contributed by atoms with Gasteiger partial charge in [0.25, 0.3) is 0 Å². The molecule has 1 fully saturated rings. The molecule has 2 atom stereocenters. The van der Waals surface area contributed by atoms with Gasteiger partial charge in [0.2, 0.25) is 0 Å². The van der Waals surface area contributed by atoms with Crippen LogP contribution in [0, 0.1) is 10.8 Å². The van der Waals surface area contributed by atoms with Crippen molar-refractivity contribution in [3.63, 3.8) is 0 Å². The lowest BCUT2D eigenvalue weighted by Crippen LogP contribution is -2.43. The quantitative estimate of drug-likeness (QED) is 0.314. The normalized spacial score (nSPS) is 25.3. The smallest absolute Gasteiger partial charge is 0.310 e. The highest BCUT2D eigenvalue weighted by Gasteiger charge is 2.65. The van der Waals surface area contributed by atoms with Gasteiger partial charge in [-0.1, -0.05) is 92.9 Å². The number of ether oxygens (including phenoxy) is 2. The topological polar surface area (TPSA) is 31.4 Å². The minimum atomic E-state index is -9.80. The lowest BCUT2D eigenvalue weighted by Gasteiger charge is -2.46. The van der Waals surface area contributed by atoms with Crippen LogP contribution in [0.3, 0.4) is 0 Å². The first-order chi connectivity index (χ1) is 18.8. The Labute approximate surface area is 247 Å². The molecule has 3 nitrogen and oxygen atoms in total. The van der Waals surface area contributed by atoms with Crippen LogP contribution in [0.1, 0.15) is 146 Å². The van der Waals surface area contributed by atoms with Gasteiger partial charge in [0.1, 0.15) is 11.0 Å². The monoisotopic (exact) mass is 615 g/mol.